The van der Waals surface area contributed by atoms with Crippen LogP contribution in [0, 0.1) is 0 Å². The summed E-state index contributed by atoms with van der Waals surface area (Å²) in [6.07, 6.45) is 0. The highest BCUT2D eigenvalue weighted by molar-refractivity contribution is 14.0. The van der Waals surface area contributed by atoms with Crippen molar-refractivity contribution in [1.29, 1.82) is 0 Å². The highest BCUT2D eigenvalue weighted by Gasteiger charge is 2.28. The summed E-state index contributed by atoms with van der Waals surface area (Å²) in [5, 5.41) is 11.2. The summed E-state index contributed by atoms with van der Waals surface area (Å²) >= 11 is 1.75. The van der Waals surface area contributed by atoms with Gasteiger partial charge in [-0.05, 0) is 49.1 Å². The standard InChI is InChI=1S/C18H32N4OS.HI/c1-5-19-17(20-12-15(2)16-6-11-24-13-16)21-14-18(3,4)22-7-9-23-10-8-22;/h6,11,13,15H,5,7-10,12,14H2,1-4H3,(H2,19,20,21);1H. The van der Waals surface area contributed by atoms with E-state index in [1.807, 2.05) is 0 Å². The molecule has 1 fully saturated rings. The van der Waals surface area contributed by atoms with Gasteiger partial charge in [0.1, 0.15) is 0 Å². The number of nitrogens with zero attached hydrogens (tertiary/aromatic N) is 2. The predicted molar refractivity (Wildman–Crippen MR) is 119 cm³/mol. The van der Waals surface area contributed by atoms with Crippen molar-refractivity contribution in [2.75, 3.05) is 45.9 Å². The molecule has 0 radical (unpaired) electrons. The Morgan fingerprint density at radius 2 is 2.08 bits per heavy atom. The molecule has 0 spiro atoms. The maximum atomic E-state index is 5.46. The van der Waals surface area contributed by atoms with E-state index in [-0.39, 0.29) is 29.5 Å². The van der Waals surface area contributed by atoms with Crippen LogP contribution in [0.1, 0.15) is 39.2 Å². The second-order valence-electron chi connectivity index (χ2n) is 6.95. The lowest BCUT2D eigenvalue weighted by molar-refractivity contribution is -0.00683. The third kappa shape index (κ3) is 7.40. The van der Waals surface area contributed by atoms with Crippen molar-refractivity contribution in [1.82, 2.24) is 15.5 Å². The molecule has 144 valence electrons. The van der Waals surface area contributed by atoms with Crippen molar-refractivity contribution in [2.45, 2.75) is 39.2 Å². The van der Waals surface area contributed by atoms with E-state index in [4.69, 9.17) is 9.73 Å². The molecule has 2 heterocycles. The first-order valence-electron chi connectivity index (χ1n) is 8.90. The Morgan fingerprint density at radius 3 is 2.68 bits per heavy atom. The van der Waals surface area contributed by atoms with Crippen molar-refractivity contribution in [3.63, 3.8) is 0 Å². The molecule has 25 heavy (non-hydrogen) atoms. The van der Waals surface area contributed by atoms with E-state index in [0.717, 1.165) is 51.9 Å². The van der Waals surface area contributed by atoms with E-state index in [1.54, 1.807) is 11.3 Å². The Kier molecular flexibility index (Phi) is 10.3. The van der Waals surface area contributed by atoms with Gasteiger partial charge < -0.3 is 15.4 Å². The molecule has 0 aromatic carbocycles. The second-order valence-corrected chi connectivity index (χ2v) is 7.73. The monoisotopic (exact) mass is 480 g/mol. The minimum Gasteiger partial charge on any atom is -0.379 e. The molecule has 1 unspecified atom stereocenters. The van der Waals surface area contributed by atoms with Crippen LogP contribution in [0.25, 0.3) is 0 Å². The summed E-state index contributed by atoms with van der Waals surface area (Å²) in [5.41, 5.74) is 1.43. The van der Waals surface area contributed by atoms with Crippen LogP contribution < -0.4 is 10.6 Å². The fourth-order valence-corrected chi connectivity index (χ4v) is 3.59. The molecule has 0 aliphatic carbocycles. The van der Waals surface area contributed by atoms with Gasteiger partial charge in [-0.3, -0.25) is 9.89 Å². The fraction of sp³-hybridized carbons (Fsp3) is 0.722. The van der Waals surface area contributed by atoms with Gasteiger partial charge in [0.2, 0.25) is 0 Å². The molecule has 1 aliphatic heterocycles. The molecule has 2 rings (SSSR count). The molecule has 1 atom stereocenters. The first kappa shape index (κ1) is 22.7. The third-order valence-electron chi connectivity index (χ3n) is 4.52. The van der Waals surface area contributed by atoms with Crippen LogP contribution in [0.15, 0.2) is 21.8 Å². The minimum atomic E-state index is 0. The molecule has 1 aromatic heterocycles. The number of halogens is 1. The van der Waals surface area contributed by atoms with Gasteiger partial charge in [-0.25, -0.2) is 0 Å². The van der Waals surface area contributed by atoms with E-state index < -0.39 is 0 Å². The summed E-state index contributed by atoms with van der Waals surface area (Å²) in [5.74, 6) is 1.38. The van der Waals surface area contributed by atoms with Crippen LogP contribution in [-0.4, -0.2) is 62.3 Å². The van der Waals surface area contributed by atoms with Gasteiger partial charge >= 0.3 is 0 Å². The van der Waals surface area contributed by atoms with E-state index in [0.29, 0.717) is 5.92 Å². The van der Waals surface area contributed by atoms with E-state index in [9.17, 15) is 0 Å². The third-order valence-corrected chi connectivity index (χ3v) is 5.22. The average Bonchev–Trinajstić information content (AvgIpc) is 3.12. The molecule has 0 bridgehead atoms. The maximum Gasteiger partial charge on any atom is 0.191 e. The molecular formula is C18H33IN4OS. The van der Waals surface area contributed by atoms with Crippen molar-refractivity contribution in [3.05, 3.63) is 22.4 Å². The predicted octanol–water partition coefficient (Wildman–Crippen LogP) is 3.14. The SMILES string of the molecule is CCNC(=NCC(C)(C)N1CCOCC1)NCC(C)c1ccsc1.I. The summed E-state index contributed by atoms with van der Waals surface area (Å²) < 4.78 is 5.46. The molecule has 1 saturated heterocycles. The van der Waals surface area contributed by atoms with Gasteiger partial charge in [0, 0.05) is 31.7 Å². The largest absolute Gasteiger partial charge is 0.379 e. The zero-order valence-electron chi connectivity index (χ0n) is 15.9. The lowest BCUT2D eigenvalue weighted by Gasteiger charge is -2.39. The second kappa shape index (κ2) is 11.4. The first-order chi connectivity index (χ1) is 11.5. The number of ether oxygens (including phenoxy) is 1. The van der Waals surface area contributed by atoms with Gasteiger partial charge in [0.15, 0.2) is 5.96 Å². The maximum absolute atomic E-state index is 5.46. The van der Waals surface area contributed by atoms with E-state index in [2.05, 4.69) is 60.1 Å². The highest BCUT2D eigenvalue weighted by Crippen LogP contribution is 2.18. The molecule has 7 heteroatoms. The van der Waals surface area contributed by atoms with Crippen LogP contribution in [0.3, 0.4) is 0 Å². The van der Waals surface area contributed by atoms with Crippen molar-refractivity contribution < 1.29 is 4.74 Å². The van der Waals surface area contributed by atoms with Crippen molar-refractivity contribution in [2.24, 2.45) is 4.99 Å². The number of guanidine groups is 1. The van der Waals surface area contributed by atoms with Crippen LogP contribution in [-0.2, 0) is 4.74 Å². The summed E-state index contributed by atoms with van der Waals surface area (Å²) in [6.45, 7) is 15.0. The molecule has 1 aromatic rings. The quantitative estimate of drug-likeness (QED) is 0.358. The minimum absolute atomic E-state index is 0. The number of aliphatic imine (C=N–C) groups is 1. The van der Waals surface area contributed by atoms with Gasteiger partial charge in [-0.15, -0.1) is 24.0 Å². The molecule has 0 amide bonds. The molecule has 1 aliphatic rings. The number of morpholine rings is 1. The van der Waals surface area contributed by atoms with E-state index >= 15 is 0 Å². The van der Waals surface area contributed by atoms with Gasteiger partial charge in [-0.1, -0.05) is 6.92 Å². The number of hydrogen-bond donors (Lipinski definition) is 2. The summed E-state index contributed by atoms with van der Waals surface area (Å²) in [7, 11) is 0. The summed E-state index contributed by atoms with van der Waals surface area (Å²) in [4.78, 5) is 7.30. The van der Waals surface area contributed by atoms with Crippen LogP contribution in [0.2, 0.25) is 0 Å². The number of rotatable bonds is 7. The summed E-state index contributed by atoms with van der Waals surface area (Å²) in [6, 6.07) is 2.20. The lowest BCUT2D eigenvalue weighted by Crippen LogP contribution is -2.52. The normalized spacial score (nSPS) is 17.7. The van der Waals surface area contributed by atoms with Gasteiger partial charge in [0.05, 0.1) is 19.8 Å². The zero-order valence-corrected chi connectivity index (χ0v) is 19.0. The Hall–Kier alpha value is -0.380. The molecular weight excluding hydrogens is 447 g/mol. The van der Waals surface area contributed by atoms with E-state index in [1.165, 1.54) is 5.56 Å². The number of thiophene rings is 1. The Bertz CT molecular complexity index is 501. The Labute approximate surface area is 173 Å². The topological polar surface area (TPSA) is 48.9 Å². The molecule has 2 N–H and O–H groups in total. The van der Waals surface area contributed by atoms with Gasteiger partial charge in [-0.2, -0.15) is 11.3 Å². The number of nitrogens with one attached hydrogen (secondary N) is 2. The van der Waals surface area contributed by atoms with Crippen molar-refractivity contribution >= 4 is 41.3 Å². The lowest BCUT2D eigenvalue weighted by atomic mass is 10.0. The zero-order chi connectivity index (χ0) is 17.4. The van der Waals surface area contributed by atoms with Crippen LogP contribution in [0.4, 0.5) is 0 Å². The Morgan fingerprint density at radius 1 is 1.36 bits per heavy atom. The molecule has 5 nitrogen and oxygen atoms in total. The fourth-order valence-electron chi connectivity index (χ4n) is 2.81. The Balaban J connectivity index is 0.00000312. The van der Waals surface area contributed by atoms with Crippen LogP contribution >= 0.6 is 35.3 Å². The average molecular weight is 480 g/mol. The first-order valence-corrected chi connectivity index (χ1v) is 9.84. The smallest absolute Gasteiger partial charge is 0.191 e. The number of hydrogen-bond acceptors (Lipinski definition) is 4. The molecule has 0 saturated carbocycles. The van der Waals surface area contributed by atoms with Gasteiger partial charge in [0.25, 0.3) is 0 Å². The highest BCUT2D eigenvalue weighted by atomic mass is 127. The van der Waals surface area contributed by atoms with Crippen molar-refractivity contribution in [3.8, 4) is 0 Å². The van der Waals surface area contributed by atoms with Crippen LogP contribution in [0.5, 0.6) is 0 Å².